The molecule has 0 radical (unpaired) electrons. The van der Waals surface area contributed by atoms with Crippen molar-refractivity contribution in [1.82, 2.24) is 10.2 Å². The van der Waals surface area contributed by atoms with Crippen LogP contribution in [0.3, 0.4) is 0 Å². The molecular formula is C16H26N2O2. The molecule has 1 saturated heterocycles. The highest BCUT2D eigenvalue weighted by Gasteiger charge is 2.18. The van der Waals surface area contributed by atoms with Gasteiger partial charge in [0.1, 0.15) is 5.75 Å². The second-order valence-corrected chi connectivity index (χ2v) is 5.33. The van der Waals surface area contributed by atoms with E-state index in [4.69, 9.17) is 9.47 Å². The molecule has 1 heterocycles. The van der Waals surface area contributed by atoms with Gasteiger partial charge in [-0.15, -0.1) is 0 Å². The topological polar surface area (TPSA) is 33.7 Å². The van der Waals surface area contributed by atoms with E-state index in [-0.39, 0.29) is 0 Å². The maximum atomic E-state index is 5.45. The molecule has 0 spiro atoms. The maximum absolute atomic E-state index is 5.45. The predicted octanol–water partition coefficient (Wildman–Crippen LogP) is 1.90. The number of para-hydroxylation sites is 1. The molecule has 2 rings (SSSR count). The number of benzene rings is 1. The van der Waals surface area contributed by atoms with Gasteiger partial charge in [-0.05, 0) is 25.5 Å². The third-order valence-electron chi connectivity index (χ3n) is 3.84. The summed E-state index contributed by atoms with van der Waals surface area (Å²) >= 11 is 0. The summed E-state index contributed by atoms with van der Waals surface area (Å²) in [6.07, 6.45) is 2.56. The van der Waals surface area contributed by atoms with Gasteiger partial charge < -0.3 is 14.8 Å². The Morgan fingerprint density at radius 2 is 2.15 bits per heavy atom. The Hall–Kier alpha value is -1.10. The van der Waals surface area contributed by atoms with Crippen molar-refractivity contribution in [2.75, 3.05) is 40.5 Å². The van der Waals surface area contributed by atoms with E-state index >= 15 is 0 Å². The number of hydrogen-bond donors (Lipinski definition) is 1. The molecule has 0 aliphatic carbocycles. The first-order chi connectivity index (χ1) is 9.83. The van der Waals surface area contributed by atoms with Gasteiger partial charge in [0, 0.05) is 38.3 Å². The lowest BCUT2D eigenvalue weighted by Crippen LogP contribution is -2.38. The molecule has 4 heteroatoms. The minimum absolute atomic E-state index is 0.613. The Morgan fingerprint density at radius 3 is 2.85 bits per heavy atom. The van der Waals surface area contributed by atoms with E-state index in [2.05, 4.69) is 22.3 Å². The number of nitrogens with zero attached hydrogens (tertiary/aromatic N) is 1. The highest BCUT2D eigenvalue weighted by atomic mass is 16.5. The van der Waals surface area contributed by atoms with E-state index in [1.807, 2.05) is 12.1 Å². The maximum Gasteiger partial charge on any atom is 0.123 e. The van der Waals surface area contributed by atoms with E-state index < -0.39 is 0 Å². The summed E-state index contributed by atoms with van der Waals surface area (Å²) in [5, 5.41) is 3.56. The largest absolute Gasteiger partial charge is 0.496 e. The summed E-state index contributed by atoms with van der Waals surface area (Å²) in [6, 6.07) is 8.86. The van der Waals surface area contributed by atoms with Crippen LogP contribution in [-0.2, 0) is 11.3 Å². The van der Waals surface area contributed by atoms with Gasteiger partial charge in [-0.25, -0.2) is 0 Å². The molecule has 1 aromatic rings. The highest BCUT2D eigenvalue weighted by Crippen LogP contribution is 2.20. The van der Waals surface area contributed by atoms with E-state index in [1.54, 1.807) is 14.2 Å². The number of hydrogen-bond acceptors (Lipinski definition) is 4. The summed E-state index contributed by atoms with van der Waals surface area (Å²) in [5.41, 5.74) is 1.24. The van der Waals surface area contributed by atoms with Crippen molar-refractivity contribution >= 4 is 0 Å². The average molecular weight is 278 g/mol. The summed E-state index contributed by atoms with van der Waals surface area (Å²) in [6.45, 7) is 4.85. The van der Waals surface area contributed by atoms with E-state index in [9.17, 15) is 0 Å². The zero-order valence-corrected chi connectivity index (χ0v) is 12.6. The van der Waals surface area contributed by atoms with Crippen LogP contribution in [0.25, 0.3) is 0 Å². The summed E-state index contributed by atoms with van der Waals surface area (Å²) in [4.78, 5) is 2.45. The molecule has 1 aliphatic heterocycles. The van der Waals surface area contributed by atoms with Crippen LogP contribution in [0.4, 0.5) is 0 Å². The van der Waals surface area contributed by atoms with Crippen molar-refractivity contribution in [2.24, 2.45) is 0 Å². The van der Waals surface area contributed by atoms with Crippen molar-refractivity contribution < 1.29 is 9.47 Å². The third-order valence-corrected chi connectivity index (χ3v) is 3.84. The Balaban J connectivity index is 1.97. The molecule has 0 amide bonds. The van der Waals surface area contributed by atoms with Gasteiger partial charge in [0.2, 0.25) is 0 Å². The second kappa shape index (κ2) is 8.25. The fourth-order valence-corrected chi connectivity index (χ4v) is 2.75. The summed E-state index contributed by atoms with van der Waals surface area (Å²) < 4.78 is 10.7. The average Bonchev–Trinajstić information content (AvgIpc) is 2.98. The van der Waals surface area contributed by atoms with Gasteiger partial charge >= 0.3 is 0 Å². The van der Waals surface area contributed by atoms with Crippen LogP contribution in [0, 0.1) is 0 Å². The van der Waals surface area contributed by atoms with Crippen molar-refractivity contribution in [2.45, 2.75) is 25.4 Å². The van der Waals surface area contributed by atoms with Gasteiger partial charge in [0.25, 0.3) is 0 Å². The van der Waals surface area contributed by atoms with Gasteiger partial charge in [0.05, 0.1) is 13.7 Å². The first-order valence-corrected chi connectivity index (χ1v) is 7.40. The van der Waals surface area contributed by atoms with Crippen LogP contribution < -0.4 is 10.1 Å². The van der Waals surface area contributed by atoms with Crippen molar-refractivity contribution in [3.63, 3.8) is 0 Å². The van der Waals surface area contributed by atoms with E-state index in [1.165, 1.54) is 18.4 Å². The molecular weight excluding hydrogens is 252 g/mol. The van der Waals surface area contributed by atoms with Gasteiger partial charge in [-0.3, -0.25) is 4.90 Å². The van der Waals surface area contributed by atoms with Crippen LogP contribution in [0.2, 0.25) is 0 Å². The molecule has 0 saturated carbocycles. The van der Waals surface area contributed by atoms with Crippen LogP contribution in [-0.4, -0.2) is 51.4 Å². The molecule has 1 N–H and O–H groups in total. The molecule has 0 bridgehead atoms. The molecule has 4 nitrogen and oxygen atoms in total. The normalized spacial score (nSPS) is 18.6. The Morgan fingerprint density at radius 1 is 1.30 bits per heavy atom. The summed E-state index contributed by atoms with van der Waals surface area (Å²) in [7, 11) is 3.49. The van der Waals surface area contributed by atoms with Crippen LogP contribution in [0.5, 0.6) is 5.75 Å². The number of ether oxygens (including phenoxy) is 2. The van der Waals surface area contributed by atoms with Crippen LogP contribution in [0.15, 0.2) is 24.3 Å². The second-order valence-electron chi connectivity index (χ2n) is 5.33. The molecule has 1 aromatic carbocycles. The minimum atomic E-state index is 0.613. The molecule has 20 heavy (non-hydrogen) atoms. The smallest absolute Gasteiger partial charge is 0.123 e. The molecule has 1 unspecified atom stereocenters. The van der Waals surface area contributed by atoms with Gasteiger partial charge in [-0.1, -0.05) is 18.2 Å². The molecule has 1 aliphatic rings. The molecule has 0 aromatic heterocycles. The lowest BCUT2D eigenvalue weighted by Gasteiger charge is -2.26. The number of rotatable bonds is 8. The monoisotopic (exact) mass is 278 g/mol. The highest BCUT2D eigenvalue weighted by molar-refractivity contribution is 5.33. The van der Waals surface area contributed by atoms with Crippen molar-refractivity contribution in [3.05, 3.63) is 29.8 Å². The molecule has 1 fully saturated rings. The summed E-state index contributed by atoms with van der Waals surface area (Å²) in [5.74, 6) is 0.967. The van der Waals surface area contributed by atoms with Crippen molar-refractivity contribution in [1.29, 1.82) is 0 Å². The molecule has 112 valence electrons. The zero-order valence-electron chi connectivity index (χ0n) is 12.6. The fraction of sp³-hybridized carbons (Fsp3) is 0.625. The van der Waals surface area contributed by atoms with Gasteiger partial charge in [-0.2, -0.15) is 0 Å². The van der Waals surface area contributed by atoms with E-state index in [0.29, 0.717) is 6.04 Å². The SMILES string of the molecule is COCCN(Cc1ccccc1OC)CC1CCCN1. The predicted molar refractivity (Wildman–Crippen MR) is 81.2 cm³/mol. The zero-order chi connectivity index (χ0) is 14.2. The Kier molecular flexibility index (Phi) is 6.30. The van der Waals surface area contributed by atoms with Crippen LogP contribution >= 0.6 is 0 Å². The number of nitrogens with one attached hydrogen (secondary N) is 1. The first-order valence-electron chi connectivity index (χ1n) is 7.40. The standard InChI is InChI=1S/C16H26N2O2/c1-19-11-10-18(13-15-7-5-9-17-15)12-14-6-3-4-8-16(14)20-2/h3-4,6,8,15,17H,5,7,9-13H2,1-2H3. The van der Waals surface area contributed by atoms with Crippen molar-refractivity contribution in [3.8, 4) is 5.75 Å². The van der Waals surface area contributed by atoms with Gasteiger partial charge in [0.15, 0.2) is 0 Å². The molecule has 1 atom stereocenters. The quantitative estimate of drug-likeness (QED) is 0.787. The van der Waals surface area contributed by atoms with Crippen LogP contribution in [0.1, 0.15) is 18.4 Å². The Labute approximate surface area is 122 Å². The Bertz CT molecular complexity index is 392. The first kappa shape index (κ1) is 15.3. The number of methoxy groups -OCH3 is 2. The lowest BCUT2D eigenvalue weighted by atomic mass is 10.1. The lowest BCUT2D eigenvalue weighted by molar-refractivity contribution is 0.137. The third kappa shape index (κ3) is 4.47. The van der Waals surface area contributed by atoms with E-state index in [0.717, 1.165) is 38.5 Å². The fourth-order valence-electron chi connectivity index (χ4n) is 2.75. The minimum Gasteiger partial charge on any atom is -0.496 e.